The third-order valence-electron chi connectivity index (χ3n) is 3.72. The molecule has 15 heavy (non-hydrogen) atoms. The van der Waals surface area contributed by atoms with Gasteiger partial charge in [0.1, 0.15) is 5.82 Å². The van der Waals surface area contributed by atoms with Crippen LogP contribution < -0.4 is 10.6 Å². The Morgan fingerprint density at radius 2 is 2.07 bits per heavy atom. The van der Waals surface area contributed by atoms with Crippen molar-refractivity contribution >= 4 is 11.5 Å². The maximum Gasteiger partial charge on any atom is 0.149 e. The number of rotatable bonds is 0. The van der Waals surface area contributed by atoms with Crippen molar-refractivity contribution in [3.8, 4) is 0 Å². The molecule has 1 aromatic heterocycles. The third-order valence-corrected chi connectivity index (χ3v) is 3.72. The zero-order valence-electron chi connectivity index (χ0n) is 9.14. The maximum atomic E-state index is 4.43. The van der Waals surface area contributed by atoms with E-state index in [1.165, 1.54) is 30.5 Å². The van der Waals surface area contributed by atoms with Crippen molar-refractivity contribution < 1.29 is 0 Å². The highest BCUT2D eigenvalue weighted by Crippen LogP contribution is 2.43. The molecule has 3 heteroatoms. The molecule has 1 spiro atoms. The van der Waals surface area contributed by atoms with Crippen molar-refractivity contribution in [2.75, 3.05) is 23.7 Å². The first-order valence-electron chi connectivity index (χ1n) is 5.72. The molecular formula is C12H17N3. The van der Waals surface area contributed by atoms with Crippen LogP contribution in [0.5, 0.6) is 0 Å². The zero-order chi connectivity index (χ0) is 10.3. The Bertz CT molecular complexity index is 382. The monoisotopic (exact) mass is 203 g/mol. The average molecular weight is 203 g/mol. The minimum Gasteiger partial charge on any atom is -0.381 e. The average Bonchev–Trinajstić information content (AvgIpc) is 2.36. The van der Waals surface area contributed by atoms with Crippen LogP contribution >= 0.6 is 0 Å². The van der Waals surface area contributed by atoms with Crippen LogP contribution in [0.25, 0.3) is 0 Å². The summed E-state index contributed by atoms with van der Waals surface area (Å²) < 4.78 is 0. The second-order valence-electron chi connectivity index (χ2n) is 4.97. The lowest BCUT2D eigenvalue weighted by molar-refractivity contribution is 0.171. The molecule has 0 amide bonds. The summed E-state index contributed by atoms with van der Waals surface area (Å²) in [4.78, 5) is 4.43. The van der Waals surface area contributed by atoms with Gasteiger partial charge >= 0.3 is 0 Å². The summed E-state index contributed by atoms with van der Waals surface area (Å²) >= 11 is 0. The van der Waals surface area contributed by atoms with E-state index in [1.54, 1.807) is 0 Å². The van der Waals surface area contributed by atoms with E-state index >= 15 is 0 Å². The van der Waals surface area contributed by atoms with E-state index in [2.05, 4.69) is 28.6 Å². The Morgan fingerprint density at radius 1 is 1.27 bits per heavy atom. The fourth-order valence-corrected chi connectivity index (χ4v) is 2.49. The van der Waals surface area contributed by atoms with Gasteiger partial charge in [-0.2, -0.15) is 0 Å². The highest BCUT2D eigenvalue weighted by atomic mass is 15.1. The molecule has 3 rings (SSSR count). The summed E-state index contributed by atoms with van der Waals surface area (Å²) in [6.07, 6.45) is 6.00. The molecule has 3 nitrogen and oxygen atoms in total. The fraction of sp³-hybridized carbons (Fsp3) is 0.583. The van der Waals surface area contributed by atoms with Crippen LogP contribution in [0.1, 0.15) is 24.8 Å². The molecule has 1 fully saturated rings. The number of pyridine rings is 1. The Balaban J connectivity index is 1.88. The summed E-state index contributed by atoms with van der Waals surface area (Å²) in [7, 11) is 0. The van der Waals surface area contributed by atoms with Crippen LogP contribution in [-0.2, 0) is 0 Å². The molecular weight excluding hydrogens is 186 g/mol. The van der Waals surface area contributed by atoms with Gasteiger partial charge in [0.2, 0.25) is 0 Å². The highest BCUT2D eigenvalue weighted by molar-refractivity contribution is 5.66. The number of nitrogens with zero attached hydrogens (tertiary/aromatic N) is 1. The molecule has 1 aromatic rings. The quantitative estimate of drug-likeness (QED) is 0.680. The van der Waals surface area contributed by atoms with Gasteiger partial charge in [0.05, 0.1) is 5.69 Å². The lowest BCUT2D eigenvalue weighted by atomic mass is 9.69. The van der Waals surface area contributed by atoms with E-state index in [9.17, 15) is 0 Å². The molecule has 0 radical (unpaired) electrons. The van der Waals surface area contributed by atoms with Gasteiger partial charge in [-0.05, 0) is 31.4 Å². The molecule has 0 atom stereocenters. The topological polar surface area (TPSA) is 37.0 Å². The van der Waals surface area contributed by atoms with Gasteiger partial charge in [-0.3, -0.25) is 0 Å². The minimum atomic E-state index is 0.495. The normalized spacial score (nSPS) is 21.9. The van der Waals surface area contributed by atoms with Gasteiger partial charge in [-0.15, -0.1) is 0 Å². The van der Waals surface area contributed by atoms with Crippen LogP contribution in [0.4, 0.5) is 11.5 Å². The summed E-state index contributed by atoms with van der Waals surface area (Å²) in [5.74, 6) is 1.02. The van der Waals surface area contributed by atoms with E-state index in [0.29, 0.717) is 5.41 Å². The first-order chi connectivity index (χ1) is 7.27. The second kappa shape index (κ2) is 3.12. The van der Waals surface area contributed by atoms with Crippen LogP contribution in [-0.4, -0.2) is 18.1 Å². The van der Waals surface area contributed by atoms with E-state index in [-0.39, 0.29) is 0 Å². The van der Waals surface area contributed by atoms with E-state index in [4.69, 9.17) is 0 Å². The molecule has 0 aromatic carbocycles. The number of nitrogens with one attached hydrogen (secondary N) is 2. The van der Waals surface area contributed by atoms with Crippen molar-refractivity contribution in [1.82, 2.24) is 4.98 Å². The van der Waals surface area contributed by atoms with Crippen molar-refractivity contribution in [2.24, 2.45) is 5.41 Å². The van der Waals surface area contributed by atoms with E-state index < -0.39 is 0 Å². The summed E-state index contributed by atoms with van der Waals surface area (Å²) in [5.41, 5.74) is 2.88. The van der Waals surface area contributed by atoms with Crippen molar-refractivity contribution in [2.45, 2.75) is 26.2 Å². The molecule has 2 heterocycles. The van der Waals surface area contributed by atoms with Gasteiger partial charge in [0.15, 0.2) is 0 Å². The number of aryl methyl sites for hydroxylation is 1. The smallest absolute Gasteiger partial charge is 0.149 e. The van der Waals surface area contributed by atoms with Gasteiger partial charge in [0.25, 0.3) is 0 Å². The molecule has 2 aliphatic rings. The number of hydrogen-bond acceptors (Lipinski definition) is 3. The number of fused-ring (bicyclic) bond motifs is 1. The Labute approximate surface area is 90.3 Å². The number of hydrogen-bond donors (Lipinski definition) is 2. The molecule has 0 saturated heterocycles. The van der Waals surface area contributed by atoms with Gasteiger partial charge in [-0.1, -0.05) is 6.42 Å². The maximum absolute atomic E-state index is 4.43. The first-order valence-corrected chi connectivity index (χ1v) is 5.72. The Kier molecular flexibility index (Phi) is 1.87. The Hall–Kier alpha value is -1.25. The van der Waals surface area contributed by atoms with Crippen molar-refractivity contribution in [1.29, 1.82) is 0 Å². The van der Waals surface area contributed by atoms with E-state index in [0.717, 1.165) is 18.9 Å². The molecule has 0 bridgehead atoms. The lowest BCUT2D eigenvalue weighted by Gasteiger charge is -2.40. The number of anilines is 2. The van der Waals surface area contributed by atoms with Crippen LogP contribution in [0.15, 0.2) is 12.3 Å². The molecule has 1 aliphatic heterocycles. The van der Waals surface area contributed by atoms with E-state index in [1.807, 2.05) is 6.20 Å². The lowest BCUT2D eigenvalue weighted by Crippen LogP contribution is -2.40. The SMILES string of the molecule is Cc1cnc2c(c1)NCC1(CCC1)CN2. The highest BCUT2D eigenvalue weighted by Gasteiger charge is 2.38. The van der Waals surface area contributed by atoms with Gasteiger partial charge < -0.3 is 10.6 Å². The van der Waals surface area contributed by atoms with Crippen LogP contribution in [0.2, 0.25) is 0 Å². The van der Waals surface area contributed by atoms with Crippen molar-refractivity contribution in [3.05, 3.63) is 17.8 Å². The standard InChI is InChI=1S/C12H17N3/c1-9-5-10-11(13-6-9)15-8-12(7-14-10)3-2-4-12/h5-6,14H,2-4,7-8H2,1H3,(H,13,15). The largest absolute Gasteiger partial charge is 0.381 e. The molecule has 0 unspecified atom stereocenters. The predicted molar refractivity (Wildman–Crippen MR) is 62.2 cm³/mol. The second-order valence-corrected chi connectivity index (χ2v) is 4.97. The molecule has 1 saturated carbocycles. The summed E-state index contributed by atoms with van der Waals surface area (Å²) in [6, 6.07) is 2.17. The molecule has 1 aliphatic carbocycles. The summed E-state index contributed by atoms with van der Waals surface area (Å²) in [6.45, 7) is 4.25. The van der Waals surface area contributed by atoms with Crippen molar-refractivity contribution in [3.63, 3.8) is 0 Å². The summed E-state index contributed by atoms with van der Waals surface area (Å²) in [5, 5.41) is 7.01. The van der Waals surface area contributed by atoms with Gasteiger partial charge in [-0.25, -0.2) is 4.98 Å². The minimum absolute atomic E-state index is 0.495. The third kappa shape index (κ3) is 1.46. The predicted octanol–water partition coefficient (Wildman–Crippen LogP) is 2.40. The fourth-order valence-electron chi connectivity index (χ4n) is 2.49. The molecule has 2 N–H and O–H groups in total. The number of aromatic nitrogens is 1. The van der Waals surface area contributed by atoms with Crippen LogP contribution in [0.3, 0.4) is 0 Å². The molecule has 80 valence electrons. The zero-order valence-corrected chi connectivity index (χ0v) is 9.14. The Morgan fingerprint density at radius 3 is 2.80 bits per heavy atom. The van der Waals surface area contributed by atoms with Crippen LogP contribution in [0, 0.1) is 12.3 Å². The first kappa shape index (κ1) is 9.01. The van der Waals surface area contributed by atoms with Gasteiger partial charge in [0, 0.05) is 24.7 Å².